The second-order valence-corrected chi connectivity index (χ2v) is 4.43. The van der Waals surface area contributed by atoms with Crippen LogP contribution in [0.15, 0.2) is 18.2 Å². The van der Waals surface area contributed by atoms with Gasteiger partial charge >= 0.3 is 0 Å². The van der Waals surface area contributed by atoms with Crippen molar-refractivity contribution in [3.8, 4) is 5.75 Å². The van der Waals surface area contributed by atoms with E-state index in [1.807, 2.05) is 26.8 Å². The lowest BCUT2D eigenvalue weighted by molar-refractivity contribution is -0.122. The minimum Gasteiger partial charge on any atom is -0.492 e. The lowest BCUT2D eigenvalue weighted by Gasteiger charge is -2.12. The van der Waals surface area contributed by atoms with Gasteiger partial charge in [0.2, 0.25) is 5.91 Å². The second-order valence-electron chi connectivity index (χ2n) is 4.43. The first-order chi connectivity index (χ1) is 8.54. The van der Waals surface area contributed by atoms with E-state index >= 15 is 0 Å². The number of rotatable bonds is 6. The normalized spacial score (nSPS) is 10.2. The SMILES string of the molecule is Cc1cccc(C=O)c1OCCC(=O)NC(C)C. The fourth-order valence-corrected chi connectivity index (χ4v) is 1.61. The highest BCUT2D eigenvalue weighted by molar-refractivity contribution is 5.80. The lowest BCUT2D eigenvalue weighted by Crippen LogP contribution is -2.31. The maximum absolute atomic E-state index is 11.4. The van der Waals surface area contributed by atoms with Gasteiger partial charge in [0.1, 0.15) is 5.75 Å². The van der Waals surface area contributed by atoms with Crippen LogP contribution in [0.5, 0.6) is 5.75 Å². The molecule has 0 saturated carbocycles. The molecule has 0 spiro atoms. The third kappa shape index (κ3) is 4.20. The van der Waals surface area contributed by atoms with Crippen LogP contribution in [0, 0.1) is 6.92 Å². The second kappa shape index (κ2) is 6.79. The number of carbonyl (C=O) groups excluding carboxylic acids is 2. The van der Waals surface area contributed by atoms with E-state index in [0.717, 1.165) is 11.8 Å². The standard InChI is InChI=1S/C14H19NO3/c1-10(2)15-13(17)7-8-18-14-11(3)5-4-6-12(14)9-16/h4-6,9-10H,7-8H2,1-3H3,(H,15,17). The van der Waals surface area contributed by atoms with Crippen molar-refractivity contribution in [2.24, 2.45) is 0 Å². The summed E-state index contributed by atoms with van der Waals surface area (Å²) in [6, 6.07) is 5.50. The van der Waals surface area contributed by atoms with Gasteiger partial charge in [0.05, 0.1) is 18.6 Å². The van der Waals surface area contributed by atoms with Crippen LogP contribution < -0.4 is 10.1 Å². The number of carbonyl (C=O) groups is 2. The molecule has 0 aliphatic heterocycles. The molecule has 1 amide bonds. The van der Waals surface area contributed by atoms with Gasteiger partial charge in [-0.15, -0.1) is 0 Å². The summed E-state index contributed by atoms with van der Waals surface area (Å²) >= 11 is 0. The summed E-state index contributed by atoms with van der Waals surface area (Å²) in [7, 11) is 0. The molecular weight excluding hydrogens is 230 g/mol. The molecule has 0 heterocycles. The summed E-state index contributed by atoms with van der Waals surface area (Å²) in [4.78, 5) is 22.3. The molecule has 0 radical (unpaired) electrons. The number of benzene rings is 1. The fraction of sp³-hybridized carbons (Fsp3) is 0.429. The molecule has 4 nitrogen and oxygen atoms in total. The highest BCUT2D eigenvalue weighted by Crippen LogP contribution is 2.21. The highest BCUT2D eigenvalue weighted by atomic mass is 16.5. The quantitative estimate of drug-likeness (QED) is 0.785. The van der Waals surface area contributed by atoms with Crippen LogP contribution in [0.3, 0.4) is 0 Å². The van der Waals surface area contributed by atoms with Crippen molar-refractivity contribution in [2.45, 2.75) is 33.2 Å². The van der Waals surface area contributed by atoms with Crippen molar-refractivity contribution in [3.05, 3.63) is 29.3 Å². The van der Waals surface area contributed by atoms with E-state index in [0.29, 0.717) is 11.3 Å². The number of aryl methyl sites for hydroxylation is 1. The molecule has 1 aromatic carbocycles. The molecule has 0 fully saturated rings. The molecule has 98 valence electrons. The molecule has 0 aliphatic carbocycles. The Balaban J connectivity index is 2.54. The smallest absolute Gasteiger partial charge is 0.223 e. The predicted molar refractivity (Wildman–Crippen MR) is 70.0 cm³/mol. The Morgan fingerprint density at radius 1 is 1.44 bits per heavy atom. The van der Waals surface area contributed by atoms with Crippen LogP contribution in [-0.4, -0.2) is 24.8 Å². The van der Waals surface area contributed by atoms with E-state index in [-0.39, 0.29) is 25.0 Å². The molecule has 4 heteroatoms. The van der Waals surface area contributed by atoms with E-state index in [2.05, 4.69) is 5.32 Å². The minimum atomic E-state index is -0.0498. The largest absolute Gasteiger partial charge is 0.492 e. The maximum Gasteiger partial charge on any atom is 0.223 e. The Labute approximate surface area is 107 Å². The Bertz CT molecular complexity index is 427. The molecule has 18 heavy (non-hydrogen) atoms. The van der Waals surface area contributed by atoms with Gasteiger partial charge in [0, 0.05) is 6.04 Å². The third-order valence-corrected chi connectivity index (χ3v) is 2.39. The highest BCUT2D eigenvalue weighted by Gasteiger charge is 2.08. The van der Waals surface area contributed by atoms with Crippen LogP contribution in [0.2, 0.25) is 0 Å². The Kier molecular flexibility index (Phi) is 5.36. The number of hydrogen-bond acceptors (Lipinski definition) is 3. The Morgan fingerprint density at radius 2 is 2.17 bits per heavy atom. The van der Waals surface area contributed by atoms with Gasteiger partial charge < -0.3 is 10.1 Å². The number of nitrogens with one attached hydrogen (secondary N) is 1. The summed E-state index contributed by atoms with van der Waals surface area (Å²) in [5.41, 5.74) is 1.41. The number of hydrogen-bond donors (Lipinski definition) is 1. The Morgan fingerprint density at radius 3 is 2.78 bits per heavy atom. The number of aldehydes is 1. The number of amides is 1. The molecule has 1 N–H and O–H groups in total. The van der Waals surface area contributed by atoms with Crippen molar-refractivity contribution in [2.75, 3.05) is 6.61 Å². The topological polar surface area (TPSA) is 55.4 Å². The first-order valence-electron chi connectivity index (χ1n) is 6.01. The van der Waals surface area contributed by atoms with Gasteiger partial charge in [-0.2, -0.15) is 0 Å². The van der Waals surface area contributed by atoms with Crippen LogP contribution in [0.25, 0.3) is 0 Å². The Hall–Kier alpha value is -1.84. The van der Waals surface area contributed by atoms with Gasteiger partial charge in [-0.05, 0) is 32.4 Å². The van der Waals surface area contributed by atoms with Crippen LogP contribution in [0.4, 0.5) is 0 Å². The molecule has 0 aliphatic rings. The van der Waals surface area contributed by atoms with Gasteiger partial charge in [-0.3, -0.25) is 9.59 Å². The van der Waals surface area contributed by atoms with E-state index < -0.39 is 0 Å². The maximum atomic E-state index is 11.4. The van der Waals surface area contributed by atoms with Crippen LogP contribution in [-0.2, 0) is 4.79 Å². The first kappa shape index (κ1) is 14.2. The van der Waals surface area contributed by atoms with Crippen LogP contribution >= 0.6 is 0 Å². The average molecular weight is 249 g/mol. The number of ether oxygens (including phenoxy) is 1. The average Bonchev–Trinajstić information content (AvgIpc) is 2.30. The van der Waals surface area contributed by atoms with E-state index in [9.17, 15) is 9.59 Å². The molecule has 0 saturated heterocycles. The summed E-state index contributed by atoms with van der Waals surface area (Å²) in [6.07, 6.45) is 1.04. The van der Waals surface area contributed by atoms with Gasteiger partial charge in [-0.1, -0.05) is 12.1 Å². The lowest BCUT2D eigenvalue weighted by atomic mass is 10.1. The molecule has 0 bridgehead atoms. The summed E-state index contributed by atoms with van der Waals surface area (Å²) in [6.45, 7) is 5.95. The zero-order valence-electron chi connectivity index (χ0n) is 11.0. The molecule has 0 unspecified atom stereocenters. The summed E-state index contributed by atoms with van der Waals surface area (Å²) < 4.78 is 5.52. The molecule has 1 rings (SSSR count). The van der Waals surface area contributed by atoms with Gasteiger partial charge in [0.15, 0.2) is 6.29 Å². The third-order valence-electron chi connectivity index (χ3n) is 2.39. The fourth-order valence-electron chi connectivity index (χ4n) is 1.61. The summed E-state index contributed by atoms with van der Waals surface area (Å²) in [5, 5.41) is 2.78. The summed E-state index contributed by atoms with van der Waals surface area (Å²) in [5.74, 6) is 0.510. The van der Waals surface area contributed by atoms with E-state index in [1.165, 1.54) is 0 Å². The first-order valence-corrected chi connectivity index (χ1v) is 6.01. The van der Waals surface area contributed by atoms with Gasteiger partial charge in [0.25, 0.3) is 0 Å². The predicted octanol–water partition coefficient (Wildman–Crippen LogP) is 2.10. The molecular formula is C14H19NO3. The van der Waals surface area contributed by atoms with Crippen molar-refractivity contribution < 1.29 is 14.3 Å². The van der Waals surface area contributed by atoms with Gasteiger partial charge in [-0.25, -0.2) is 0 Å². The molecule has 0 aromatic heterocycles. The van der Waals surface area contributed by atoms with Crippen molar-refractivity contribution in [3.63, 3.8) is 0 Å². The van der Waals surface area contributed by atoms with Crippen molar-refractivity contribution >= 4 is 12.2 Å². The van der Waals surface area contributed by atoms with E-state index in [4.69, 9.17) is 4.74 Å². The molecule has 0 atom stereocenters. The monoisotopic (exact) mass is 249 g/mol. The number of para-hydroxylation sites is 1. The molecule has 1 aromatic rings. The van der Waals surface area contributed by atoms with Crippen molar-refractivity contribution in [1.82, 2.24) is 5.32 Å². The van der Waals surface area contributed by atoms with E-state index in [1.54, 1.807) is 12.1 Å². The zero-order valence-corrected chi connectivity index (χ0v) is 11.0. The minimum absolute atomic E-state index is 0.0498. The van der Waals surface area contributed by atoms with Crippen LogP contribution in [0.1, 0.15) is 36.2 Å². The zero-order chi connectivity index (χ0) is 13.5. The van der Waals surface area contributed by atoms with Crippen molar-refractivity contribution in [1.29, 1.82) is 0 Å².